The quantitative estimate of drug-likeness (QED) is 0.365. The molecule has 0 spiro atoms. The summed E-state index contributed by atoms with van der Waals surface area (Å²) in [6, 6.07) is 3.86. The molecule has 188 valence electrons. The fourth-order valence-corrected chi connectivity index (χ4v) is 4.14. The molecule has 1 amide bonds. The van der Waals surface area contributed by atoms with Crippen LogP contribution in [0.1, 0.15) is 44.1 Å². The van der Waals surface area contributed by atoms with Crippen molar-refractivity contribution in [1.82, 2.24) is 20.4 Å². The summed E-state index contributed by atoms with van der Waals surface area (Å²) >= 11 is 0. The van der Waals surface area contributed by atoms with Crippen molar-refractivity contribution in [3.05, 3.63) is 76.5 Å². The van der Waals surface area contributed by atoms with Gasteiger partial charge in [0.25, 0.3) is 0 Å². The zero-order chi connectivity index (χ0) is 26.0. The fraction of sp³-hybridized carbons (Fsp3) is 0.292. The molecule has 1 atom stereocenters. The number of aromatic nitrogens is 3. The number of aryl methyl sites for hydroxylation is 1. The number of carbonyl (C=O) groups excluding carboxylic acids is 1. The molecule has 2 N–H and O–H groups in total. The third-order valence-electron chi connectivity index (χ3n) is 6.04. The van der Waals surface area contributed by atoms with Gasteiger partial charge in [0.1, 0.15) is 17.3 Å². The number of pyridine rings is 1. The number of hydrogen-bond acceptors (Lipinski definition) is 6. The molecule has 2 heterocycles. The monoisotopic (exact) mass is 504 g/mol. The highest BCUT2D eigenvalue weighted by Crippen LogP contribution is 2.42. The Morgan fingerprint density at radius 3 is 2.64 bits per heavy atom. The highest BCUT2D eigenvalue weighted by Gasteiger charge is 2.38. The maximum atomic E-state index is 14.5. The minimum atomic E-state index is -1.35. The Morgan fingerprint density at radius 2 is 1.94 bits per heavy atom. The molecule has 1 aliphatic rings. The number of benzene rings is 1. The number of nitrogens with one attached hydrogen (secondary N) is 1. The Hall–Kier alpha value is -4.09. The van der Waals surface area contributed by atoms with Crippen LogP contribution in [0.4, 0.5) is 17.6 Å². The zero-order valence-electron chi connectivity index (χ0n) is 18.9. The van der Waals surface area contributed by atoms with Crippen molar-refractivity contribution in [2.45, 2.75) is 44.4 Å². The average molecular weight is 504 g/mol. The first-order chi connectivity index (χ1) is 17.1. The molecule has 0 bridgehead atoms. The lowest BCUT2D eigenvalue weighted by atomic mass is 9.70. The van der Waals surface area contributed by atoms with Crippen LogP contribution in [-0.2, 0) is 21.4 Å². The van der Waals surface area contributed by atoms with E-state index in [1.165, 1.54) is 12.1 Å². The predicted molar refractivity (Wildman–Crippen MR) is 116 cm³/mol. The highest BCUT2D eigenvalue weighted by atomic mass is 19.2. The number of carbonyl (C=O) groups is 2. The van der Waals surface area contributed by atoms with E-state index >= 15 is 0 Å². The summed E-state index contributed by atoms with van der Waals surface area (Å²) in [6.07, 6.45) is 0.758. The van der Waals surface area contributed by atoms with E-state index in [9.17, 15) is 32.3 Å². The predicted octanol–water partition coefficient (Wildman–Crippen LogP) is 4.22. The van der Waals surface area contributed by atoms with Gasteiger partial charge in [-0.3, -0.25) is 4.79 Å². The number of nitrogens with zero attached hydrogens (tertiary/aromatic N) is 3. The lowest BCUT2D eigenvalue weighted by molar-refractivity contribution is -0.133. The molecule has 1 aromatic carbocycles. The fourth-order valence-electron chi connectivity index (χ4n) is 4.14. The number of carboxylic acids is 1. The second-order valence-corrected chi connectivity index (χ2v) is 8.67. The number of carboxylic acid groups (broad SMARTS) is 1. The summed E-state index contributed by atoms with van der Waals surface area (Å²) < 4.78 is 60.3. The molecule has 0 saturated heterocycles. The van der Waals surface area contributed by atoms with Gasteiger partial charge < -0.3 is 14.9 Å². The van der Waals surface area contributed by atoms with Gasteiger partial charge in [0.2, 0.25) is 17.6 Å². The second-order valence-electron chi connectivity index (χ2n) is 8.67. The van der Waals surface area contributed by atoms with Gasteiger partial charge in [-0.25, -0.2) is 27.3 Å². The van der Waals surface area contributed by atoms with Crippen molar-refractivity contribution in [1.29, 1.82) is 0 Å². The Bertz CT molecular complexity index is 1360. The first-order valence-electron chi connectivity index (χ1n) is 10.9. The topological polar surface area (TPSA) is 118 Å². The molecule has 36 heavy (non-hydrogen) atoms. The molecular formula is C24H20F4N4O4. The maximum Gasteiger partial charge on any atom is 0.333 e. The molecule has 1 unspecified atom stereocenters. The molecule has 0 saturated carbocycles. The van der Waals surface area contributed by atoms with Crippen LogP contribution < -0.4 is 5.32 Å². The van der Waals surface area contributed by atoms with Crippen molar-refractivity contribution in [2.75, 3.05) is 0 Å². The third kappa shape index (κ3) is 5.26. The average Bonchev–Trinajstić information content (AvgIpc) is 3.29. The summed E-state index contributed by atoms with van der Waals surface area (Å²) in [5, 5.41) is 15.9. The highest BCUT2D eigenvalue weighted by molar-refractivity contribution is 5.89. The minimum absolute atomic E-state index is 0.0106. The molecular weight excluding hydrogens is 484 g/mol. The lowest BCUT2D eigenvalue weighted by Gasteiger charge is -2.36. The summed E-state index contributed by atoms with van der Waals surface area (Å²) in [6.45, 7) is 1.55. The molecule has 0 fully saturated rings. The van der Waals surface area contributed by atoms with Crippen molar-refractivity contribution in [3.8, 4) is 11.5 Å². The van der Waals surface area contributed by atoms with Gasteiger partial charge in [-0.15, -0.1) is 0 Å². The van der Waals surface area contributed by atoms with Crippen molar-refractivity contribution < 1.29 is 36.8 Å². The maximum absolute atomic E-state index is 14.5. The van der Waals surface area contributed by atoms with Crippen LogP contribution in [0.3, 0.4) is 0 Å². The van der Waals surface area contributed by atoms with Crippen LogP contribution in [0.2, 0.25) is 0 Å². The van der Waals surface area contributed by atoms with E-state index in [-0.39, 0.29) is 66.3 Å². The van der Waals surface area contributed by atoms with Crippen molar-refractivity contribution in [2.24, 2.45) is 0 Å². The van der Waals surface area contributed by atoms with E-state index in [1.807, 2.05) is 0 Å². The third-order valence-corrected chi connectivity index (χ3v) is 6.04. The summed E-state index contributed by atoms with van der Waals surface area (Å²) in [5.41, 5.74) is -1.15. The first kappa shape index (κ1) is 25.0. The molecule has 4 rings (SSSR count). The molecule has 0 aliphatic heterocycles. The number of rotatable bonds is 7. The van der Waals surface area contributed by atoms with Crippen LogP contribution in [0, 0.1) is 23.3 Å². The van der Waals surface area contributed by atoms with Gasteiger partial charge in [0.05, 0.1) is 11.8 Å². The smallest absolute Gasteiger partial charge is 0.333 e. The van der Waals surface area contributed by atoms with Crippen LogP contribution in [0.15, 0.2) is 46.3 Å². The summed E-state index contributed by atoms with van der Waals surface area (Å²) in [7, 11) is 0. The molecule has 12 heteroatoms. The SMILES string of the molecule is CC1(c2cc(F)cc(F)c2F)CCC(C(=O)O)=C(NC(=O)CCc2nc(-c3ccc(F)cn3)no2)C1. The Labute approximate surface area is 202 Å². The number of hydrogen-bond donors (Lipinski definition) is 2. The van der Waals surface area contributed by atoms with Crippen LogP contribution in [-0.4, -0.2) is 32.1 Å². The number of halogens is 4. The summed E-state index contributed by atoms with van der Waals surface area (Å²) in [5.74, 6) is -5.68. The first-order valence-corrected chi connectivity index (χ1v) is 10.9. The van der Waals surface area contributed by atoms with Crippen LogP contribution in [0.25, 0.3) is 11.5 Å². The molecule has 0 radical (unpaired) electrons. The minimum Gasteiger partial charge on any atom is -0.478 e. The van der Waals surface area contributed by atoms with Crippen molar-refractivity contribution >= 4 is 11.9 Å². The van der Waals surface area contributed by atoms with E-state index in [0.29, 0.717) is 6.07 Å². The van der Waals surface area contributed by atoms with Gasteiger partial charge in [0, 0.05) is 35.6 Å². The second kappa shape index (κ2) is 9.88. The molecule has 1 aliphatic carbocycles. The zero-order valence-corrected chi connectivity index (χ0v) is 18.9. The number of allylic oxidation sites excluding steroid dienone is 1. The van der Waals surface area contributed by atoms with E-state index in [2.05, 4.69) is 20.4 Å². The number of aliphatic carboxylic acids is 1. The molecule has 8 nitrogen and oxygen atoms in total. The Balaban J connectivity index is 1.47. The normalized spacial score (nSPS) is 17.8. The summed E-state index contributed by atoms with van der Waals surface area (Å²) in [4.78, 5) is 32.3. The molecule has 3 aromatic rings. The molecule has 2 aromatic heterocycles. The standard InChI is InChI=1S/C24H20F4N4O4/c1-24(15-8-13(26)9-16(27)21(15)28)7-6-14(23(34)35)18(10-24)30-19(33)4-5-20-31-22(32-36-20)17-3-2-12(25)11-29-17/h2-3,8-9,11H,4-7,10H2,1H3,(H,30,33)(H,34,35). The largest absolute Gasteiger partial charge is 0.478 e. The van der Waals surface area contributed by atoms with E-state index < -0.39 is 40.6 Å². The van der Waals surface area contributed by atoms with E-state index in [4.69, 9.17) is 4.52 Å². The van der Waals surface area contributed by atoms with Crippen LogP contribution in [0.5, 0.6) is 0 Å². The van der Waals surface area contributed by atoms with Gasteiger partial charge >= 0.3 is 5.97 Å². The van der Waals surface area contributed by atoms with Crippen LogP contribution >= 0.6 is 0 Å². The Kier molecular flexibility index (Phi) is 6.86. The van der Waals surface area contributed by atoms with Gasteiger partial charge in [-0.2, -0.15) is 4.98 Å². The van der Waals surface area contributed by atoms with Gasteiger partial charge in [-0.05, 0) is 37.5 Å². The van der Waals surface area contributed by atoms with Crippen molar-refractivity contribution in [3.63, 3.8) is 0 Å². The number of amides is 1. The van der Waals surface area contributed by atoms with Gasteiger partial charge in [-0.1, -0.05) is 12.1 Å². The van der Waals surface area contributed by atoms with E-state index in [0.717, 1.165) is 12.3 Å². The lowest BCUT2D eigenvalue weighted by Crippen LogP contribution is -2.36. The van der Waals surface area contributed by atoms with E-state index in [1.54, 1.807) is 6.92 Å². The van der Waals surface area contributed by atoms with Gasteiger partial charge in [0.15, 0.2) is 11.6 Å². The Morgan fingerprint density at radius 1 is 1.17 bits per heavy atom.